The third-order valence-electron chi connectivity index (χ3n) is 7.24. The summed E-state index contributed by atoms with van der Waals surface area (Å²) in [6.45, 7) is 0.253. The quantitative estimate of drug-likeness (QED) is 0.140. The average molecular weight is 563 g/mol. The summed E-state index contributed by atoms with van der Waals surface area (Å²) in [6.07, 6.45) is 0. The molecule has 3 aliphatic rings. The first-order valence-corrected chi connectivity index (χ1v) is 12.1. The second-order valence-corrected chi connectivity index (χ2v) is 9.66. The van der Waals surface area contributed by atoms with E-state index >= 15 is 0 Å². The minimum absolute atomic E-state index is 0.00819. The van der Waals surface area contributed by atoms with Crippen molar-refractivity contribution in [2.24, 2.45) is 0 Å². The van der Waals surface area contributed by atoms with E-state index < -0.39 is 53.6 Å². The van der Waals surface area contributed by atoms with E-state index in [1.54, 1.807) is 5.32 Å². The SMILES string of the molecule is O=C1NC(=O)C(O)(O)C(O)(O)C1N1Cc2c(OCc3ccc(C(O)(O)N4CCOCC4)cc3F)cccc2C1=O. The second kappa shape index (κ2) is 9.83. The van der Waals surface area contributed by atoms with Gasteiger partial charge in [0.25, 0.3) is 29.4 Å². The topological polar surface area (TPSA) is 210 Å². The summed E-state index contributed by atoms with van der Waals surface area (Å²) in [6, 6.07) is 5.58. The van der Waals surface area contributed by atoms with Gasteiger partial charge in [0.2, 0.25) is 0 Å². The number of aliphatic hydroxyl groups is 6. The monoisotopic (exact) mass is 563 g/mol. The van der Waals surface area contributed by atoms with Gasteiger partial charge in [0.15, 0.2) is 6.04 Å². The standard InChI is InChI=1S/C25H26FN3O11/c26-17-10-14(25(37,38)28-6-8-39-9-7-28)5-4-13(17)12-40-18-3-1-2-15-16(18)11-29(21(15)31)19-20(30)27-22(32)24(35,36)23(19,33)34/h1-5,10,19,33-38H,6-9,11-12H2,(H,27,30,32). The maximum Gasteiger partial charge on any atom is 0.303 e. The van der Waals surface area contributed by atoms with Gasteiger partial charge < -0.3 is 45.0 Å². The van der Waals surface area contributed by atoms with Gasteiger partial charge in [-0.1, -0.05) is 18.2 Å². The first kappa shape index (κ1) is 28.0. The van der Waals surface area contributed by atoms with Gasteiger partial charge in [-0.05, 0) is 18.2 Å². The van der Waals surface area contributed by atoms with Crippen LogP contribution in [-0.2, 0) is 33.4 Å². The highest BCUT2D eigenvalue weighted by atomic mass is 19.1. The fraction of sp³-hybridized carbons (Fsp3) is 0.400. The first-order valence-electron chi connectivity index (χ1n) is 12.1. The number of rotatable bonds is 6. The van der Waals surface area contributed by atoms with Crippen molar-refractivity contribution in [3.63, 3.8) is 0 Å². The maximum atomic E-state index is 14.9. The van der Waals surface area contributed by atoms with Crippen molar-refractivity contribution in [3.8, 4) is 5.75 Å². The number of ether oxygens (including phenoxy) is 2. The predicted molar refractivity (Wildman–Crippen MR) is 127 cm³/mol. The predicted octanol–water partition coefficient (Wildman–Crippen LogP) is -2.83. The molecule has 1 atom stereocenters. The van der Waals surface area contributed by atoms with E-state index in [1.165, 1.54) is 35.2 Å². The van der Waals surface area contributed by atoms with Crippen LogP contribution in [0.2, 0.25) is 0 Å². The normalized spacial score (nSPS) is 22.7. The molecule has 15 heteroatoms. The zero-order valence-electron chi connectivity index (χ0n) is 20.8. The van der Waals surface area contributed by atoms with Gasteiger partial charge in [0.05, 0.1) is 19.8 Å². The number of fused-ring (bicyclic) bond motifs is 1. The Balaban J connectivity index is 1.34. The highest BCUT2D eigenvalue weighted by Gasteiger charge is 2.67. The molecule has 0 radical (unpaired) electrons. The van der Waals surface area contributed by atoms with Crippen LogP contribution >= 0.6 is 0 Å². The number of carbonyl (C=O) groups excluding carboxylic acids is 3. The molecule has 3 heterocycles. The van der Waals surface area contributed by atoms with Crippen molar-refractivity contribution in [1.82, 2.24) is 15.1 Å². The Morgan fingerprint density at radius 3 is 2.45 bits per heavy atom. The molecule has 2 fully saturated rings. The first-order chi connectivity index (χ1) is 18.8. The van der Waals surface area contributed by atoms with Crippen LogP contribution in [0, 0.1) is 5.82 Å². The van der Waals surface area contributed by atoms with Crippen LogP contribution in [0.25, 0.3) is 0 Å². The average Bonchev–Trinajstić information content (AvgIpc) is 3.23. The summed E-state index contributed by atoms with van der Waals surface area (Å²) in [4.78, 5) is 39.2. The van der Waals surface area contributed by atoms with Crippen molar-refractivity contribution in [1.29, 1.82) is 0 Å². The lowest BCUT2D eigenvalue weighted by Gasteiger charge is -2.44. The number of morpholine rings is 1. The molecule has 0 bridgehead atoms. The smallest absolute Gasteiger partial charge is 0.303 e. The lowest BCUT2D eigenvalue weighted by molar-refractivity contribution is -0.355. The van der Waals surface area contributed by atoms with Crippen LogP contribution in [0.4, 0.5) is 4.39 Å². The van der Waals surface area contributed by atoms with Gasteiger partial charge in [-0.15, -0.1) is 0 Å². The van der Waals surface area contributed by atoms with Crippen molar-refractivity contribution in [3.05, 3.63) is 64.5 Å². The van der Waals surface area contributed by atoms with E-state index in [-0.39, 0.29) is 47.7 Å². The summed E-state index contributed by atoms with van der Waals surface area (Å²) < 4.78 is 25.9. The molecule has 0 aromatic heterocycles. The summed E-state index contributed by atoms with van der Waals surface area (Å²) in [5.41, 5.74) is 0.123. The van der Waals surface area contributed by atoms with E-state index in [2.05, 4.69) is 0 Å². The number of hydrogen-bond acceptors (Lipinski definition) is 12. The zero-order chi connectivity index (χ0) is 29.0. The zero-order valence-corrected chi connectivity index (χ0v) is 20.8. The van der Waals surface area contributed by atoms with Crippen molar-refractivity contribution in [2.45, 2.75) is 36.7 Å². The molecule has 2 aromatic rings. The van der Waals surface area contributed by atoms with Gasteiger partial charge in [0, 0.05) is 35.3 Å². The van der Waals surface area contributed by atoms with Crippen molar-refractivity contribution in [2.75, 3.05) is 26.3 Å². The minimum Gasteiger partial charge on any atom is -0.488 e. The Morgan fingerprint density at radius 2 is 1.77 bits per heavy atom. The Kier molecular flexibility index (Phi) is 6.88. The van der Waals surface area contributed by atoms with E-state index in [0.29, 0.717) is 18.1 Å². The number of imide groups is 1. The van der Waals surface area contributed by atoms with Gasteiger partial charge in [-0.3, -0.25) is 19.7 Å². The number of nitrogens with one attached hydrogen (secondary N) is 1. The summed E-state index contributed by atoms with van der Waals surface area (Å²) in [5, 5.41) is 63.2. The van der Waals surface area contributed by atoms with Gasteiger partial charge in [-0.25, -0.2) is 9.29 Å². The molecule has 0 aliphatic carbocycles. The fourth-order valence-corrected chi connectivity index (χ4v) is 4.92. The number of carbonyl (C=O) groups is 3. The van der Waals surface area contributed by atoms with Crippen LogP contribution in [0.5, 0.6) is 5.75 Å². The molecular weight excluding hydrogens is 537 g/mol. The van der Waals surface area contributed by atoms with E-state index in [1.807, 2.05) is 0 Å². The number of benzene rings is 2. The molecule has 40 heavy (non-hydrogen) atoms. The third kappa shape index (κ3) is 4.42. The van der Waals surface area contributed by atoms with Gasteiger partial charge in [0.1, 0.15) is 18.2 Å². The van der Waals surface area contributed by atoms with Crippen molar-refractivity contribution >= 4 is 17.7 Å². The van der Waals surface area contributed by atoms with Crippen LogP contribution in [-0.4, -0.2) is 102 Å². The van der Waals surface area contributed by atoms with E-state index in [4.69, 9.17) is 9.47 Å². The molecule has 214 valence electrons. The highest BCUT2D eigenvalue weighted by Crippen LogP contribution is 2.38. The van der Waals surface area contributed by atoms with E-state index in [9.17, 15) is 49.4 Å². The number of nitrogens with zero attached hydrogens (tertiary/aromatic N) is 2. The summed E-state index contributed by atoms with van der Waals surface area (Å²) in [7, 11) is 0. The summed E-state index contributed by atoms with van der Waals surface area (Å²) in [5.74, 6) is -14.7. The molecule has 2 saturated heterocycles. The fourth-order valence-electron chi connectivity index (χ4n) is 4.92. The third-order valence-corrected chi connectivity index (χ3v) is 7.24. The molecule has 0 spiro atoms. The Morgan fingerprint density at radius 1 is 1.07 bits per heavy atom. The van der Waals surface area contributed by atoms with Gasteiger partial charge in [-0.2, -0.15) is 0 Å². The lowest BCUT2D eigenvalue weighted by atomic mass is 9.90. The largest absolute Gasteiger partial charge is 0.488 e. The maximum absolute atomic E-state index is 14.9. The van der Waals surface area contributed by atoms with Crippen LogP contribution in [0.1, 0.15) is 27.0 Å². The number of piperidine rings is 1. The molecule has 3 amide bonds. The molecule has 2 aromatic carbocycles. The number of hydrogen-bond donors (Lipinski definition) is 7. The van der Waals surface area contributed by atoms with Crippen LogP contribution < -0.4 is 10.1 Å². The lowest BCUT2D eigenvalue weighted by Crippen LogP contribution is -2.79. The molecular formula is C25H26FN3O11. The molecule has 0 saturated carbocycles. The Hall–Kier alpha value is -3.54. The molecule has 5 rings (SSSR count). The molecule has 14 nitrogen and oxygen atoms in total. The molecule has 1 unspecified atom stereocenters. The Labute approximate surface area is 225 Å². The number of amides is 3. The molecule has 3 aliphatic heterocycles. The van der Waals surface area contributed by atoms with Crippen LogP contribution in [0.15, 0.2) is 36.4 Å². The van der Waals surface area contributed by atoms with Crippen LogP contribution in [0.3, 0.4) is 0 Å². The summed E-state index contributed by atoms with van der Waals surface area (Å²) >= 11 is 0. The minimum atomic E-state index is -3.80. The van der Waals surface area contributed by atoms with E-state index in [0.717, 1.165) is 6.07 Å². The van der Waals surface area contributed by atoms with Crippen molar-refractivity contribution < 1.29 is 58.9 Å². The second-order valence-electron chi connectivity index (χ2n) is 9.66. The van der Waals surface area contributed by atoms with Gasteiger partial charge >= 0.3 is 5.79 Å². The number of halogens is 1. The Bertz CT molecular complexity index is 1370. The highest BCUT2D eigenvalue weighted by molar-refractivity contribution is 6.08. The molecule has 7 N–H and O–H groups in total.